The van der Waals surface area contributed by atoms with Gasteiger partial charge in [-0.15, -0.1) is 0 Å². The number of nitrogens with zero attached hydrogens (tertiary/aromatic N) is 2. The minimum absolute atomic E-state index is 0.585. The van der Waals surface area contributed by atoms with Gasteiger partial charge in [0.25, 0.3) is 0 Å². The van der Waals surface area contributed by atoms with E-state index in [0.29, 0.717) is 10.0 Å². The summed E-state index contributed by atoms with van der Waals surface area (Å²) in [4.78, 5) is 8.36. The summed E-state index contributed by atoms with van der Waals surface area (Å²) in [7, 11) is 15.7. The average molecular weight is 479 g/mol. The van der Waals surface area contributed by atoms with Crippen LogP contribution in [0.4, 0.5) is 0 Å². The summed E-state index contributed by atoms with van der Waals surface area (Å²) in [5, 5.41) is 2.71. The maximum absolute atomic E-state index is 6.44. The van der Waals surface area contributed by atoms with Crippen LogP contribution >= 0.6 is 58.9 Å². The average Bonchev–Trinajstić information content (AvgIpc) is 2.34. The van der Waals surface area contributed by atoms with Crippen LogP contribution in [0.1, 0.15) is 0 Å². The monoisotopic (exact) mass is 478 g/mol. The second-order valence-electron chi connectivity index (χ2n) is 3.30. The van der Waals surface area contributed by atoms with Gasteiger partial charge in [0.05, 0.1) is 0 Å². The fourth-order valence-electron chi connectivity index (χ4n) is 1.11. The second kappa shape index (κ2) is 7.29. The third-order valence-electron chi connectivity index (χ3n) is 1.85. The maximum atomic E-state index is 6.44. The van der Waals surface area contributed by atoms with Crippen molar-refractivity contribution in [3.63, 3.8) is 0 Å². The van der Waals surface area contributed by atoms with Crippen molar-refractivity contribution >= 4 is 72.3 Å². The summed E-state index contributed by atoms with van der Waals surface area (Å²) in [6.45, 7) is 0. The number of aromatic nitrogens is 2. The van der Waals surface area contributed by atoms with Gasteiger partial charge in [0.1, 0.15) is 0 Å². The first-order valence-electron chi connectivity index (χ1n) is 4.93. The first kappa shape index (κ1) is 16.3. The number of pyridine rings is 2. The van der Waals surface area contributed by atoms with Crippen molar-refractivity contribution < 1.29 is 0 Å². The molecule has 0 saturated heterocycles. The number of halogens is 4. The number of hydrogen-bond donors (Lipinski definition) is 0. The first-order valence-corrected chi connectivity index (χ1v) is 21.5. The fraction of sp³-hybridized carbons (Fsp3) is 0. The Balaban J connectivity index is 2.05. The van der Waals surface area contributed by atoms with Crippen molar-refractivity contribution in [3.05, 3.63) is 46.7 Å². The summed E-state index contributed by atoms with van der Waals surface area (Å²) in [6, 6.07) is 7.13. The Morgan fingerprint density at radius 1 is 0.789 bits per heavy atom. The molecule has 0 fully saturated rings. The van der Waals surface area contributed by atoms with Gasteiger partial charge < -0.3 is 0 Å². The summed E-state index contributed by atoms with van der Waals surface area (Å²) in [5.41, 5.74) is 0. The summed E-state index contributed by atoms with van der Waals surface area (Å²) < 4.78 is 0. The van der Waals surface area contributed by atoms with E-state index >= 15 is 0 Å². The molecule has 0 aliphatic heterocycles. The number of rotatable bonds is 4. The number of hydrogen-bond acceptors (Lipinski definition) is 4. The zero-order valence-electron chi connectivity index (χ0n) is 9.19. The van der Waals surface area contributed by atoms with Crippen LogP contribution in [0.25, 0.3) is 0 Å². The molecule has 0 saturated carbocycles. The zero-order valence-corrected chi connectivity index (χ0v) is 16.7. The molecule has 9 heteroatoms. The fourth-order valence-corrected chi connectivity index (χ4v) is 19.6. The van der Waals surface area contributed by atoms with Crippen LogP contribution in [0.5, 0.6) is 0 Å². The van der Waals surface area contributed by atoms with Gasteiger partial charge in [-0.3, -0.25) is 0 Å². The van der Waals surface area contributed by atoms with E-state index in [1.54, 1.807) is 36.7 Å². The van der Waals surface area contributed by atoms with E-state index in [0.717, 1.165) is 10.1 Å². The predicted octanol–water partition coefficient (Wildman–Crippen LogP) is 5.58. The van der Waals surface area contributed by atoms with E-state index in [1.165, 1.54) is 17.9 Å². The van der Waals surface area contributed by atoms with Gasteiger partial charge in [0, 0.05) is 0 Å². The molecule has 0 N–H and O–H groups in total. The normalized spacial score (nSPS) is 11.6. The van der Waals surface area contributed by atoms with Crippen LogP contribution in [0, 0.1) is 0 Å². The van der Waals surface area contributed by atoms with Crippen LogP contribution < -0.4 is 0 Å². The van der Waals surface area contributed by atoms with E-state index in [1.807, 2.05) is 0 Å². The molecule has 0 spiro atoms. The van der Waals surface area contributed by atoms with Gasteiger partial charge in [-0.05, 0) is 0 Å². The Kier molecular flexibility index (Phi) is 6.27. The van der Waals surface area contributed by atoms with Crippen molar-refractivity contribution in [2.75, 3.05) is 0 Å². The van der Waals surface area contributed by atoms with E-state index in [4.69, 9.17) is 41.0 Å². The molecule has 0 aliphatic rings. The second-order valence-corrected chi connectivity index (χ2v) is 36.4. The molecule has 0 radical (unpaired) electrons. The molecule has 2 rings (SSSR count). The van der Waals surface area contributed by atoms with E-state index < -0.39 is 13.4 Å². The Hall–Kier alpha value is 0.959. The Bertz CT molecular complexity index is 501. The van der Waals surface area contributed by atoms with Gasteiger partial charge >= 0.3 is 139 Å². The van der Waals surface area contributed by atoms with Crippen LogP contribution in [0.3, 0.4) is 0 Å². The van der Waals surface area contributed by atoms with E-state index in [9.17, 15) is 0 Å². The quantitative estimate of drug-likeness (QED) is 0.536. The van der Waals surface area contributed by atoms with Crippen molar-refractivity contribution in [1.29, 1.82) is 0 Å². The summed E-state index contributed by atoms with van der Waals surface area (Å²) in [5.74, 6) is 0. The zero-order chi connectivity index (χ0) is 13.9. The van der Waals surface area contributed by atoms with Gasteiger partial charge in [0.2, 0.25) is 0 Å². The molecule has 100 valence electrons. The van der Waals surface area contributed by atoms with Gasteiger partial charge in [-0.25, -0.2) is 0 Å². The van der Waals surface area contributed by atoms with Crippen molar-refractivity contribution in [2.24, 2.45) is 0 Å². The van der Waals surface area contributed by atoms with Gasteiger partial charge in [0.15, 0.2) is 0 Å². The predicted molar refractivity (Wildman–Crippen MR) is 87.7 cm³/mol. The van der Waals surface area contributed by atoms with Crippen molar-refractivity contribution in [1.82, 2.24) is 9.97 Å². The Morgan fingerprint density at radius 3 is 1.53 bits per heavy atom. The molecule has 0 atom stereocenters. The molecule has 2 aromatic rings. The van der Waals surface area contributed by atoms with Crippen LogP contribution in [-0.4, -0.2) is 23.3 Å². The summed E-state index contributed by atoms with van der Waals surface area (Å²) in [6.07, 6.45) is 3.15. The molecular formula is C10H6Cl4N2S2Sn. The molecule has 19 heavy (non-hydrogen) atoms. The van der Waals surface area contributed by atoms with Crippen molar-refractivity contribution in [3.8, 4) is 0 Å². The Labute approximate surface area is 137 Å². The van der Waals surface area contributed by atoms with Crippen molar-refractivity contribution in [2.45, 2.75) is 10.1 Å². The molecule has 2 nitrogen and oxygen atoms in total. The summed E-state index contributed by atoms with van der Waals surface area (Å²) >= 11 is 8.13. The van der Waals surface area contributed by atoms with Crippen LogP contribution in [0.15, 0.2) is 46.7 Å². The third kappa shape index (κ3) is 5.69. The van der Waals surface area contributed by atoms with E-state index in [-0.39, 0.29) is 0 Å². The molecule has 2 heterocycles. The Morgan fingerprint density at radius 2 is 1.21 bits per heavy atom. The topological polar surface area (TPSA) is 25.8 Å². The molecular weight excluding hydrogens is 473 g/mol. The third-order valence-corrected chi connectivity index (χ3v) is 20.9. The molecule has 0 amide bonds. The minimum atomic E-state index is -3.43. The van der Waals surface area contributed by atoms with Crippen LogP contribution in [-0.2, 0) is 0 Å². The van der Waals surface area contributed by atoms with Crippen LogP contribution in [0.2, 0.25) is 10.0 Å². The van der Waals surface area contributed by atoms with Gasteiger partial charge in [-0.1, -0.05) is 0 Å². The van der Waals surface area contributed by atoms with E-state index in [2.05, 4.69) is 9.97 Å². The standard InChI is InChI=1S/2C5H4ClNS.2ClH.Sn/c2*6-4-1-2-5(8)7-3-4;;;/h2*1-3H,(H,7,8);2*1H;/q;;;;+4/p-4. The molecule has 0 aliphatic carbocycles. The molecule has 2 aromatic heterocycles. The molecule has 0 bridgehead atoms. The molecule has 0 aromatic carbocycles. The first-order chi connectivity index (χ1) is 8.94. The van der Waals surface area contributed by atoms with Gasteiger partial charge in [-0.2, -0.15) is 0 Å². The SMILES string of the molecule is Clc1ccc([S][Sn]([Cl])([Cl])[S]c2ccc(Cl)cn2)nc1. The molecule has 0 unspecified atom stereocenters.